The van der Waals surface area contributed by atoms with E-state index in [0.717, 1.165) is 26.0 Å². The number of hydrogen-bond donors (Lipinski definition) is 1. The van der Waals surface area contributed by atoms with Crippen LogP contribution >= 0.6 is 34.5 Å². The van der Waals surface area contributed by atoms with Gasteiger partial charge < -0.3 is 5.32 Å². The average Bonchev–Trinajstić information content (AvgIpc) is 2.71. The van der Waals surface area contributed by atoms with Crippen LogP contribution in [-0.2, 0) is 0 Å². The molecule has 90 valence electrons. The van der Waals surface area contributed by atoms with E-state index >= 15 is 0 Å². The van der Waals surface area contributed by atoms with Crippen LogP contribution in [0.3, 0.4) is 0 Å². The third-order valence-electron chi connectivity index (χ3n) is 2.72. The highest BCUT2D eigenvalue weighted by molar-refractivity contribution is 7.10. The van der Waals surface area contributed by atoms with Gasteiger partial charge in [-0.05, 0) is 42.6 Å². The first kappa shape index (κ1) is 12.9. The molecule has 0 bridgehead atoms. The first-order valence-electron chi connectivity index (χ1n) is 5.29. The smallest absolute Gasteiger partial charge is 0.0684 e. The predicted octanol–water partition coefficient (Wildman–Crippen LogP) is 4.67. The minimum atomic E-state index is 0.0978. The molecule has 1 aromatic carbocycles. The lowest BCUT2D eigenvalue weighted by Gasteiger charge is -2.16. The molecule has 1 atom stereocenters. The van der Waals surface area contributed by atoms with Crippen molar-refractivity contribution in [2.75, 3.05) is 7.05 Å². The Labute approximate surface area is 115 Å². The maximum atomic E-state index is 6.17. The third kappa shape index (κ3) is 2.66. The summed E-state index contributed by atoms with van der Waals surface area (Å²) in [5.41, 5.74) is 2.22. The maximum Gasteiger partial charge on any atom is 0.0684 e. The highest BCUT2D eigenvalue weighted by atomic mass is 35.5. The average molecular weight is 286 g/mol. The molecule has 1 nitrogen and oxygen atoms in total. The van der Waals surface area contributed by atoms with E-state index in [2.05, 4.69) is 11.4 Å². The minimum absolute atomic E-state index is 0.0978. The number of nitrogens with one attached hydrogen (secondary N) is 1. The second-order valence-corrected chi connectivity index (χ2v) is 5.63. The Morgan fingerprint density at radius 1 is 1.18 bits per heavy atom. The molecule has 1 unspecified atom stereocenters. The van der Waals surface area contributed by atoms with Gasteiger partial charge in [-0.3, -0.25) is 0 Å². The van der Waals surface area contributed by atoms with Crippen LogP contribution in [0.15, 0.2) is 29.6 Å². The second-order valence-electron chi connectivity index (χ2n) is 3.86. The Morgan fingerprint density at radius 2 is 1.94 bits per heavy atom. The number of thiophene rings is 1. The van der Waals surface area contributed by atoms with E-state index in [4.69, 9.17) is 23.2 Å². The van der Waals surface area contributed by atoms with Gasteiger partial charge in [0.1, 0.15) is 0 Å². The molecule has 0 amide bonds. The van der Waals surface area contributed by atoms with Crippen molar-refractivity contribution in [3.05, 3.63) is 55.7 Å². The quantitative estimate of drug-likeness (QED) is 0.864. The standard InChI is InChI=1S/C13H13Cl2NS/c1-8-3-4-9(7-11(8)15)12(16-2)13-10(14)5-6-17-13/h3-7,12,16H,1-2H3. The molecule has 2 aromatic rings. The Balaban J connectivity index is 2.42. The monoisotopic (exact) mass is 285 g/mol. The molecule has 1 aromatic heterocycles. The molecular weight excluding hydrogens is 273 g/mol. The van der Waals surface area contributed by atoms with E-state index in [-0.39, 0.29) is 6.04 Å². The van der Waals surface area contributed by atoms with Crippen molar-refractivity contribution in [3.63, 3.8) is 0 Å². The molecule has 1 N–H and O–H groups in total. The molecule has 0 saturated carbocycles. The zero-order valence-electron chi connectivity index (χ0n) is 9.63. The molecule has 0 spiro atoms. The molecular formula is C13H13Cl2NS. The van der Waals surface area contributed by atoms with Crippen molar-refractivity contribution in [2.24, 2.45) is 0 Å². The zero-order valence-corrected chi connectivity index (χ0v) is 12.0. The number of aryl methyl sites for hydroxylation is 1. The Hall–Kier alpha value is -0.540. The molecule has 0 fully saturated rings. The number of rotatable bonds is 3. The summed E-state index contributed by atoms with van der Waals surface area (Å²) in [7, 11) is 1.93. The van der Waals surface area contributed by atoms with E-state index < -0.39 is 0 Å². The van der Waals surface area contributed by atoms with Crippen molar-refractivity contribution in [1.82, 2.24) is 5.32 Å². The SMILES string of the molecule is CNC(c1ccc(C)c(Cl)c1)c1sccc1Cl. The lowest BCUT2D eigenvalue weighted by molar-refractivity contribution is 0.704. The highest BCUT2D eigenvalue weighted by Gasteiger charge is 2.17. The summed E-state index contributed by atoms with van der Waals surface area (Å²) in [4.78, 5) is 1.12. The van der Waals surface area contributed by atoms with Crippen molar-refractivity contribution >= 4 is 34.5 Å². The molecule has 0 radical (unpaired) electrons. The van der Waals surface area contributed by atoms with Crippen LogP contribution in [0.2, 0.25) is 10.0 Å². The van der Waals surface area contributed by atoms with Gasteiger partial charge in [0.15, 0.2) is 0 Å². The van der Waals surface area contributed by atoms with Crippen LogP contribution in [-0.4, -0.2) is 7.05 Å². The van der Waals surface area contributed by atoms with Crippen molar-refractivity contribution in [3.8, 4) is 0 Å². The second kappa shape index (κ2) is 5.40. The van der Waals surface area contributed by atoms with E-state index in [1.165, 1.54) is 0 Å². The largest absolute Gasteiger partial charge is 0.309 e. The Kier molecular flexibility index (Phi) is 4.10. The van der Waals surface area contributed by atoms with Gasteiger partial charge in [0, 0.05) is 9.90 Å². The molecule has 1 heterocycles. The van der Waals surface area contributed by atoms with Crippen LogP contribution in [0.1, 0.15) is 22.0 Å². The van der Waals surface area contributed by atoms with Crippen molar-refractivity contribution < 1.29 is 0 Å². The van der Waals surface area contributed by atoms with Crippen molar-refractivity contribution in [1.29, 1.82) is 0 Å². The van der Waals surface area contributed by atoms with Crippen LogP contribution in [0.4, 0.5) is 0 Å². The van der Waals surface area contributed by atoms with E-state index in [9.17, 15) is 0 Å². The first-order chi connectivity index (χ1) is 8.13. The fraction of sp³-hybridized carbons (Fsp3) is 0.231. The third-order valence-corrected chi connectivity index (χ3v) is 4.56. The highest BCUT2D eigenvalue weighted by Crippen LogP contribution is 2.33. The number of benzene rings is 1. The molecule has 0 aliphatic rings. The van der Waals surface area contributed by atoms with Gasteiger partial charge >= 0.3 is 0 Å². The molecule has 2 rings (SSSR count). The Morgan fingerprint density at radius 3 is 2.47 bits per heavy atom. The van der Waals surface area contributed by atoms with Gasteiger partial charge in [-0.15, -0.1) is 11.3 Å². The van der Waals surface area contributed by atoms with Gasteiger partial charge in [0.05, 0.1) is 11.1 Å². The molecule has 0 aliphatic carbocycles. The lowest BCUT2D eigenvalue weighted by Crippen LogP contribution is -2.16. The predicted molar refractivity (Wildman–Crippen MR) is 76.4 cm³/mol. The summed E-state index contributed by atoms with van der Waals surface area (Å²) in [5.74, 6) is 0. The normalized spacial score (nSPS) is 12.7. The molecule has 0 aliphatic heterocycles. The van der Waals surface area contributed by atoms with Gasteiger partial charge in [0.25, 0.3) is 0 Å². The number of halogens is 2. The molecule has 0 saturated heterocycles. The van der Waals surface area contributed by atoms with Crippen LogP contribution in [0.25, 0.3) is 0 Å². The lowest BCUT2D eigenvalue weighted by atomic mass is 10.0. The topological polar surface area (TPSA) is 12.0 Å². The Bertz CT molecular complexity index is 522. The summed E-state index contributed by atoms with van der Waals surface area (Å²) < 4.78 is 0. The maximum absolute atomic E-state index is 6.17. The first-order valence-corrected chi connectivity index (χ1v) is 6.93. The van der Waals surface area contributed by atoms with Crippen LogP contribution < -0.4 is 5.32 Å². The summed E-state index contributed by atoms with van der Waals surface area (Å²) in [6, 6.07) is 8.12. The zero-order chi connectivity index (χ0) is 12.4. The van der Waals surface area contributed by atoms with E-state index in [1.807, 2.05) is 37.6 Å². The van der Waals surface area contributed by atoms with Gasteiger partial charge in [0.2, 0.25) is 0 Å². The summed E-state index contributed by atoms with van der Waals surface area (Å²) in [5, 5.41) is 6.86. The van der Waals surface area contributed by atoms with Crippen LogP contribution in [0.5, 0.6) is 0 Å². The van der Waals surface area contributed by atoms with E-state index in [0.29, 0.717) is 0 Å². The van der Waals surface area contributed by atoms with Gasteiger partial charge in [-0.1, -0.05) is 35.3 Å². The molecule has 17 heavy (non-hydrogen) atoms. The number of hydrogen-bond acceptors (Lipinski definition) is 2. The fourth-order valence-corrected chi connectivity index (χ4v) is 3.24. The summed E-state index contributed by atoms with van der Waals surface area (Å²) in [6.07, 6.45) is 0. The fourth-order valence-electron chi connectivity index (χ4n) is 1.75. The van der Waals surface area contributed by atoms with E-state index in [1.54, 1.807) is 11.3 Å². The summed E-state index contributed by atoms with van der Waals surface area (Å²) in [6.45, 7) is 2.00. The minimum Gasteiger partial charge on any atom is -0.309 e. The molecule has 4 heteroatoms. The summed E-state index contributed by atoms with van der Waals surface area (Å²) >= 11 is 14.0. The van der Waals surface area contributed by atoms with Crippen molar-refractivity contribution in [2.45, 2.75) is 13.0 Å². The van der Waals surface area contributed by atoms with Gasteiger partial charge in [-0.25, -0.2) is 0 Å². The van der Waals surface area contributed by atoms with Gasteiger partial charge in [-0.2, -0.15) is 0 Å². The van der Waals surface area contributed by atoms with Crippen LogP contribution in [0, 0.1) is 6.92 Å².